The SMILES string of the molecule is CCCCCCCCCC/C=C/c1ccc(CO[C@H]2CN[C@H](CO)C2)cc1.Cl. The normalized spacial score (nSPS) is 19.2. The predicted molar refractivity (Wildman–Crippen MR) is 122 cm³/mol. The summed E-state index contributed by atoms with van der Waals surface area (Å²) >= 11 is 0. The van der Waals surface area contributed by atoms with Crippen LogP contribution in [0.4, 0.5) is 0 Å². The lowest BCUT2D eigenvalue weighted by molar-refractivity contribution is 0.0512. The van der Waals surface area contributed by atoms with Crippen LogP contribution in [0.1, 0.15) is 82.3 Å². The first-order valence-electron chi connectivity index (χ1n) is 11.0. The van der Waals surface area contributed by atoms with E-state index in [1.54, 1.807) is 0 Å². The van der Waals surface area contributed by atoms with Crippen LogP contribution in [0, 0.1) is 0 Å². The topological polar surface area (TPSA) is 41.5 Å². The molecule has 0 aromatic heterocycles. The molecule has 1 aliphatic heterocycles. The summed E-state index contributed by atoms with van der Waals surface area (Å²) in [7, 11) is 0. The summed E-state index contributed by atoms with van der Waals surface area (Å²) in [4.78, 5) is 0. The van der Waals surface area contributed by atoms with Gasteiger partial charge in [0, 0.05) is 12.6 Å². The highest BCUT2D eigenvalue weighted by Gasteiger charge is 2.23. The molecule has 28 heavy (non-hydrogen) atoms. The van der Waals surface area contributed by atoms with E-state index in [0.717, 1.165) is 13.0 Å². The second-order valence-corrected chi connectivity index (χ2v) is 7.86. The number of aliphatic hydroxyl groups excluding tert-OH is 1. The molecule has 1 aliphatic rings. The van der Waals surface area contributed by atoms with E-state index in [1.165, 1.54) is 68.9 Å². The smallest absolute Gasteiger partial charge is 0.0721 e. The fourth-order valence-corrected chi connectivity index (χ4v) is 3.60. The van der Waals surface area contributed by atoms with Crippen LogP contribution in [0.5, 0.6) is 0 Å². The van der Waals surface area contributed by atoms with E-state index >= 15 is 0 Å². The second-order valence-electron chi connectivity index (χ2n) is 7.86. The van der Waals surface area contributed by atoms with Crippen LogP contribution >= 0.6 is 12.4 Å². The molecule has 2 rings (SSSR count). The predicted octanol–water partition coefficient (Wildman–Crippen LogP) is 5.89. The Hall–Kier alpha value is -0.870. The van der Waals surface area contributed by atoms with Gasteiger partial charge in [0.2, 0.25) is 0 Å². The van der Waals surface area contributed by atoms with Crippen molar-refractivity contribution in [2.24, 2.45) is 0 Å². The lowest BCUT2D eigenvalue weighted by Crippen LogP contribution is -2.24. The third-order valence-corrected chi connectivity index (χ3v) is 5.40. The molecule has 1 aromatic carbocycles. The van der Waals surface area contributed by atoms with Crippen molar-refractivity contribution >= 4 is 18.5 Å². The first-order chi connectivity index (χ1) is 13.3. The number of hydrogen-bond donors (Lipinski definition) is 2. The van der Waals surface area contributed by atoms with Gasteiger partial charge >= 0.3 is 0 Å². The Labute approximate surface area is 178 Å². The lowest BCUT2D eigenvalue weighted by Gasteiger charge is -2.11. The fraction of sp³-hybridized carbons (Fsp3) is 0.667. The van der Waals surface area contributed by atoms with Gasteiger partial charge in [-0.25, -0.2) is 0 Å². The van der Waals surface area contributed by atoms with E-state index in [1.807, 2.05) is 0 Å². The first kappa shape index (κ1) is 25.2. The van der Waals surface area contributed by atoms with Gasteiger partial charge in [-0.3, -0.25) is 0 Å². The number of ether oxygens (including phenoxy) is 1. The van der Waals surface area contributed by atoms with Crippen molar-refractivity contribution in [3.05, 3.63) is 41.5 Å². The van der Waals surface area contributed by atoms with Gasteiger partial charge in [0.25, 0.3) is 0 Å². The van der Waals surface area contributed by atoms with Crippen molar-refractivity contribution in [3.8, 4) is 0 Å². The Balaban J connectivity index is 0.00000392. The van der Waals surface area contributed by atoms with E-state index in [0.29, 0.717) is 6.61 Å². The van der Waals surface area contributed by atoms with E-state index in [2.05, 4.69) is 48.7 Å². The molecule has 4 heteroatoms. The first-order valence-corrected chi connectivity index (χ1v) is 11.0. The van der Waals surface area contributed by atoms with Gasteiger partial charge in [-0.15, -0.1) is 12.4 Å². The molecule has 1 fully saturated rings. The molecule has 0 aliphatic carbocycles. The van der Waals surface area contributed by atoms with Crippen molar-refractivity contribution in [3.63, 3.8) is 0 Å². The Morgan fingerprint density at radius 3 is 2.36 bits per heavy atom. The van der Waals surface area contributed by atoms with Crippen LogP contribution in [0.15, 0.2) is 30.3 Å². The highest BCUT2D eigenvalue weighted by atomic mass is 35.5. The maximum Gasteiger partial charge on any atom is 0.0721 e. The van der Waals surface area contributed by atoms with Gasteiger partial charge in [0.1, 0.15) is 0 Å². The number of rotatable bonds is 14. The Bertz CT molecular complexity index is 518. The average Bonchev–Trinajstić information content (AvgIpc) is 3.17. The van der Waals surface area contributed by atoms with Gasteiger partial charge in [0.15, 0.2) is 0 Å². The number of aliphatic hydroxyl groups is 1. The van der Waals surface area contributed by atoms with Crippen molar-refractivity contribution in [2.45, 2.75) is 89.9 Å². The Morgan fingerprint density at radius 2 is 1.71 bits per heavy atom. The summed E-state index contributed by atoms with van der Waals surface area (Å²) < 4.78 is 5.94. The fourth-order valence-electron chi connectivity index (χ4n) is 3.60. The Morgan fingerprint density at radius 1 is 1.04 bits per heavy atom. The molecular formula is C24H40ClNO2. The molecule has 1 aromatic rings. The third-order valence-electron chi connectivity index (χ3n) is 5.40. The molecule has 0 spiro atoms. The van der Waals surface area contributed by atoms with Gasteiger partial charge in [-0.2, -0.15) is 0 Å². The standard InChI is InChI=1S/C24H39NO2.ClH/c1-2-3-4-5-6-7-8-9-10-11-12-21-13-15-22(16-14-21)20-27-24-17-23(19-26)25-18-24;/h11-16,23-26H,2-10,17-20H2,1H3;1H/b12-11+;/t23-,24+;/m0./s1. The van der Waals surface area contributed by atoms with Crippen LogP contribution in [0.25, 0.3) is 6.08 Å². The summed E-state index contributed by atoms with van der Waals surface area (Å²) in [6, 6.07) is 8.85. The molecule has 160 valence electrons. The summed E-state index contributed by atoms with van der Waals surface area (Å²) in [5, 5.41) is 12.4. The highest BCUT2D eigenvalue weighted by molar-refractivity contribution is 5.85. The number of halogens is 1. The number of unbranched alkanes of at least 4 members (excludes halogenated alkanes) is 8. The molecule has 1 heterocycles. The monoisotopic (exact) mass is 409 g/mol. The number of benzene rings is 1. The number of allylic oxidation sites excluding steroid dienone is 1. The minimum absolute atomic E-state index is 0. The zero-order valence-electron chi connectivity index (χ0n) is 17.6. The molecule has 0 amide bonds. The van der Waals surface area contributed by atoms with Crippen LogP contribution in [-0.4, -0.2) is 30.4 Å². The molecule has 0 bridgehead atoms. The van der Waals surface area contributed by atoms with E-state index in [4.69, 9.17) is 9.84 Å². The summed E-state index contributed by atoms with van der Waals surface area (Å²) in [6.07, 6.45) is 17.9. The van der Waals surface area contributed by atoms with Crippen LogP contribution in [0.2, 0.25) is 0 Å². The van der Waals surface area contributed by atoms with Crippen molar-refractivity contribution in [1.29, 1.82) is 0 Å². The van der Waals surface area contributed by atoms with E-state index in [9.17, 15) is 0 Å². The Kier molecular flexibility index (Phi) is 14.4. The van der Waals surface area contributed by atoms with E-state index in [-0.39, 0.29) is 31.2 Å². The summed E-state index contributed by atoms with van der Waals surface area (Å²) in [5.41, 5.74) is 2.48. The van der Waals surface area contributed by atoms with Crippen LogP contribution in [-0.2, 0) is 11.3 Å². The molecule has 0 radical (unpaired) electrons. The number of hydrogen-bond acceptors (Lipinski definition) is 3. The molecule has 0 unspecified atom stereocenters. The zero-order chi connectivity index (χ0) is 19.2. The minimum Gasteiger partial charge on any atom is -0.395 e. The van der Waals surface area contributed by atoms with E-state index < -0.39 is 0 Å². The zero-order valence-corrected chi connectivity index (χ0v) is 18.4. The van der Waals surface area contributed by atoms with Gasteiger partial charge in [0.05, 0.1) is 19.3 Å². The lowest BCUT2D eigenvalue weighted by atomic mass is 10.1. The molecule has 3 nitrogen and oxygen atoms in total. The number of nitrogens with one attached hydrogen (secondary N) is 1. The maximum atomic E-state index is 9.15. The van der Waals surface area contributed by atoms with Crippen molar-refractivity contribution in [1.82, 2.24) is 5.32 Å². The quantitative estimate of drug-likeness (QED) is 0.376. The average molecular weight is 410 g/mol. The highest BCUT2D eigenvalue weighted by Crippen LogP contribution is 2.14. The molecule has 0 saturated carbocycles. The summed E-state index contributed by atoms with van der Waals surface area (Å²) in [6.45, 7) is 3.95. The van der Waals surface area contributed by atoms with Gasteiger partial charge < -0.3 is 15.2 Å². The maximum absolute atomic E-state index is 9.15. The van der Waals surface area contributed by atoms with Gasteiger partial charge in [-0.05, 0) is 30.4 Å². The van der Waals surface area contributed by atoms with Crippen LogP contribution in [0.3, 0.4) is 0 Å². The van der Waals surface area contributed by atoms with Crippen LogP contribution < -0.4 is 5.32 Å². The third kappa shape index (κ3) is 10.6. The second kappa shape index (κ2) is 16.0. The van der Waals surface area contributed by atoms with Crippen molar-refractivity contribution < 1.29 is 9.84 Å². The summed E-state index contributed by atoms with van der Waals surface area (Å²) in [5.74, 6) is 0. The van der Waals surface area contributed by atoms with Gasteiger partial charge in [-0.1, -0.05) is 88.3 Å². The largest absolute Gasteiger partial charge is 0.395 e. The molecule has 2 atom stereocenters. The minimum atomic E-state index is 0. The molecular weight excluding hydrogens is 370 g/mol. The van der Waals surface area contributed by atoms with Crippen molar-refractivity contribution in [2.75, 3.05) is 13.2 Å². The molecule has 2 N–H and O–H groups in total. The molecule has 1 saturated heterocycles.